The van der Waals surface area contributed by atoms with Crippen LogP contribution < -0.4 is 0 Å². The van der Waals surface area contributed by atoms with Crippen LogP contribution in [0.4, 0.5) is 0 Å². The molecule has 0 aliphatic rings. The van der Waals surface area contributed by atoms with Gasteiger partial charge in [-0.15, -0.1) is 6.58 Å². The number of aliphatic hydroxyl groups is 3. The lowest BCUT2D eigenvalue weighted by molar-refractivity contribution is -0.0943. The van der Waals surface area contributed by atoms with Gasteiger partial charge in [0.05, 0.1) is 12.7 Å². The van der Waals surface area contributed by atoms with Crippen molar-refractivity contribution in [3.05, 3.63) is 12.7 Å². The third-order valence-corrected chi connectivity index (χ3v) is 2.17. The van der Waals surface area contributed by atoms with E-state index in [4.69, 9.17) is 9.84 Å². The molecule has 14 heavy (non-hydrogen) atoms. The Morgan fingerprint density at radius 2 is 2.07 bits per heavy atom. The zero-order valence-electron chi connectivity index (χ0n) is 8.59. The molecule has 0 bridgehead atoms. The van der Waals surface area contributed by atoms with E-state index in [1.54, 1.807) is 6.08 Å². The molecule has 4 heteroatoms. The predicted molar refractivity (Wildman–Crippen MR) is 53.9 cm³/mol. The summed E-state index contributed by atoms with van der Waals surface area (Å²) in [6.07, 6.45) is 1.21. The van der Waals surface area contributed by atoms with E-state index >= 15 is 0 Å². The van der Waals surface area contributed by atoms with Crippen molar-refractivity contribution >= 4 is 0 Å². The van der Waals surface area contributed by atoms with Gasteiger partial charge in [0.25, 0.3) is 0 Å². The first-order valence-corrected chi connectivity index (χ1v) is 4.78. The number of hydrogen-bond acceptors (Lipinski definition) is 4. The lowest BCUT2D eigenvalue weighted by Crippen LogP contribution is -2.40. The molecule has 84 valence electrons. The first-order valence-electron chi connectivity index (χ1n) is 4.78. The first kappa shape index (κ1) is 13.6. The van der Waals surface area contributed by atoms with Gasteiger partial charge in [0, 0.05) is 7.11 Å². The minimum Gasteiger partial charge on any atom is -0.394 e. The summed E-state index contributed by atoms with van der Waals surface area (Å²) in [6, 6.07) is 0. The highest BCUT2D eigenvalue weighted by atomic mass is 16.5. The van der Waals surface area contributed by atoms with Crippen LogP contribution in [0.25, 0.3) is 0 Å². The largest absolute Gasteiger partial charge is 0.394 e. The molecule has 0 rings (SSSR count). The van der Waals surface area contributed by atoms with Crippen molar-refractivity contribution in [3.63, 3.8) is 0 Å². The van der Waals surface area contributed by atoms with Crippen LogP contribution in [0.3, 0.4) is 0 Å². The molecule has 0 saturated carbocycles. The van der Waals surface area contributed by atoms with Crippen molar-refractivity contribution < 1.29 is 20.1 Å². The average Bonchev–Trinajstić information content (AvgIpc) is 2.19. The maximum absolute atomic E-state index is 9.52. The van der Waals surface area contributed by atoms with Crippen LogP contribution >= 0.6 is 0 Å². The van der Waals surface area contributed by atoms with Gasteiger partial charge >= 0.3 is 0 Å². The molecular formula is C10H20O4. The second kappa shape index (κ2) is 7.94. The van der Waals surface area contributed by atoms with E-state index in [0.717, 1.165) is 12.8 Å². The second-order valence-electron chi connectivity index (χ2n) is 3.23. The number of aliphatic hydroxyl groups excluding tert-OH is 3. The van der Waals surface area contributed by atoms with Crippen molar-refractivity contribution in [1.29, 1.82) is 0 Å². The molecular weight excluding hydrogens is 184 g/mol. The van der Waals surface area contributed by atoms with Crippen LogP contribution in [0.15, 0.2) is 12.7 Å². The monoisotopic (exact) mass is 204 g/mol. The van der Waals surface area contributed by atoms with E-state index in [2.05, 4.69) is 6.58 Å². The van der Waals surface area contributed by atoms with E-state index in [-0.39, 0.29) is 6.61 Å². The summed E-state index contributed by atoms with van der Waals surface area (Å²) in [5.41, 5.74) is 0. The standard InChI is InChI=1S/C10H20O4/c1-3-4-5-6-8(12)10(13)9(7-11)14-2/h3,8-13H,1,4-7H2,2H3/t8?,9-,10-/m1/s1. The summed E-state index contributed by atoms with van der Waals surface area (Å²) in [5.74, 6) is 0. The fraction of sp³-hybridized carbons (Fsp3) is 0.800. The number of unbranched alkanes of at least 4 members (excludes halogenated alkanes) is 1. The van der Waals surface area contributed by atoms with Crippen molar-refractivity contribution in [1.82, 2.24) is 0 Å². The minimum absolute atomic E-state index is 0.295. The van der Waals surface area contributed by atoms with Gasteiger partial charge in [-0.05, 0) is 19.3 Å². The molecule has 0 radical (unpaired) electrons. The van der Waals surface area contributed by atoms with Crippen LogP contribution in [-0.4, -0.2) is 47.3 Å². The first-order chi connectivity index (χ1) is 6.67. The molecule has 3 atom stereocenters. The number of hydrogen-bond donors (Lipinski definition) is 3. The molecule has 0 aromatic heterocycles. The third kappa shape index (κ3) is 4.72. The molecule has 0 aliphatic heterocycles. The molecule has 0 saturated heterocycles. The molecule has 0 amide bonds. The summed E-state index contributed by atoms with van der Waals surface area (Å²) in [7, 11) is 1.39. The van der Waals surface area contributed by atoms with Crippen molar-refractivity contribution in [3.8, 4) is 0 Å². The minimum atomic E-state index is -1.03. The summed E-state index contributed by atoms with van der Waals surface area (Å²) in [4.78, 5) is 0. The predicted octanol–water partition coefficient (Wildman–Crippen LogP) is 0.0718. The molecule has 0 spiro atoms. The molecule has 0 fully saturated rings. The summed E-state index contributed by atoms with van der Waals surface area (Å²) in [6.45, 7) is 3.27. The van der Waals surface area contributed by atoms with E-state index in [1.165, 1.54) is 7.11 Å². The molecule has 0 aromatic carbocycles. The zero-order chi connectivity index (χ0) is 11.0. The van der Waals surface area contributed by atoms with Crippen LogP contribution in [0, 0.1) is 0 Å². The highest BCUT2D eigenvalue weighted by molar-refractivity contribution is 4.77. The van der Waals surface area contributed by atoms with Gasteiger partial charge in [-0.25, -0.2) is 0 Å². The quantitative estimate of drug-likeness (QED) is 0.386. The Balaban J connectivity index is 3.83. The number of rotatable bonds is 8. The number of allylic oxidation sites excluding steroid dienone is 1. The maximum atomic E-state index is 9.52. The Labute approximate surface area is 84.8 Å². The number of ether oxygens (including phenoxy) is 1. The Morgan fingerprint density at radius 1 is 1.43 bits per heavy atom. The summed E-state index contributed by atoms with van der Waals surface area (Å²) in [5, 5.41) is 27.8. The van der Waals surface area contributed by atoms with E-state index < -0.39 is 18.3 Å². The summed E-state index contributed by atoms with van der Waals surface area (Å²) < 4.78 is 4.81. The molecule has 1 unspecified atom stereocenters. The fourth-order valence-corrected chi connectivity index (χ4v) is 1.21. The van der Waals surface area contributed by atoms with E-state index in [0.29, 0.717) is 6.42 Å². The van der Waals surface area contributed by atoms with E-state index in [1.807, 2.05) is 0 Å². The number of methoxy groups -OCH3 is 1. The van der Waals surface area contributed by atoms with Gasteiger partial charge < -0.3 is 20.1 Å². The highest BCUT2D eigenvalue weighted by Gasteiger charge is 2.24. The Morgan fingerprint density at radius 3 is 2.50 bits per heavy atom. The van der Waals surface area contributed by atoms with Gasteiger partial charge in [-0.3, -0.25) is 0 Å². The Bertz CT molecular complexity index is 145. The van der Waals surface area contributed by atoms with E-state index in [9.17, 15) is 10.2 Å². The maximum Gasteiger partial charge on any atom is 0.109 e. The third-order valence-electron chi connectivity index (χ3n) is 2.17. The second-order valence-corrected chi connectivity index (χ2v) is 3.23. The van der Waals surface area contributed by atoms with Crippen LogP contribution in [0.2, 0.25) is 0 Å². The molecule has 4 nitrogen and oxygen atoms in total. The van der Waals surface area contributed by atoms with Gasteiger partial charge in [0.15, 0.2) is 0 Å². The van der Waals surface area contributed by atoms with Crippen LogP contribution in [0.5, 0.6) is 0 Å². The SMILES string of the molecule is C=CCCCC(O)[C@@H](O)[C@@H](CO)OC. The molecule has 0 aromatic rings. The van der Waals surface area contributed by atoms with Crippen molar-refractivity contribution in [2.75, 3.05) is 13.7 Å². The average molecular weight is 204 g/mol. The van der Waals surface area contributed by atoms with Gasteiger partial charge in [0.1, 0.15) is 12.2 Å². The van der Waals surface area contributed by atoms with Crippen LogP contribution in [-0.2, 0) is 4.74 Å². The molecule has 0 aliphatic carbocycles. The molecule has 0 heterocycles. The fourth-order valence-electron chi connectivity index (χ4n) is 1.21. The van der Waals surface area contributed by atoms with Gasteiger partial charge in [0.2, 0.25) is 0 Å². The van der Waals surface area contributed by atoms with Crippen LogP contribution in [0.1, 0.15) is 19.3 Å². The zero-order valence-corrected chi connectivity index (χ0v) is 8.59. The lowest BCUT2D eigenvalue weighted by atomic mass is 10.0. The summed E-state index contributed by atoms with van der Waals surface area (Å²) >= 11 is 0. The Kier molecular flexibility index (Phi) is 7.70. The topological polar surface area (TPSA) is 69.9 Å². The van der Waals surface area contributed by atoms with Gasteiger partial charge in [-0.2, -0.15) is 0 Å². The highest BCUT2D eigenvalue weighted by Crippen LogP contribution is 2.10. The normalized spacial score (nSPS) is 17.4. The van der Waals surface area contributed by atoms with Gasteiger partial charge in [-0.1, -0.05) is 6.08 Å². The van der Waals surface area contributed by atoms with Crippen molar-refractivity contribution in [2.45, 2.75) is 37.6 Å². The van der Waals surface area contributed by atoms with Crippen molar-refractivity contribution in [2.24, 2.45) is 0 Å². The smallest absolute Gasteiger partial charge is 0.109 e. The Hall–Kier alpha value is -0.420. The molecule has 3 N–H and O–H groups in total. The lowest BCUT2D eigenvalue weighted by Gasteiger charge is -2.24.